The van der Waals surface area contributed by atoms with Crippen LogP contribution in [0.4, 0.5) is 4.39 Å². The van der Waals surface area contributed by atoms with Gasteiger partial charge < -0.3 is 14.7 Å². The van der Waals surface area contributed by atoms with Crippen molar-refractivity contribution in [3.8, 4) is 5.75 Å². The first-order chi connectivity index (χ1) is 13.5. The Morgan fingerprint density at radius 3 is 2.64 bits per heavy atom. The molecule has 1 aliphatic heterocycles. The maximum Gasteiger partial charge on any atom is 0.254 e. The fraction of sp³-hybridized carbons (Fsp3) is 0.435. The Bertz CT molecular complexity index is 853. The molecule has 1 N–H and O–H groups in total. The largest absolute Gasteiger partial charge is 0.496 e. The highest BCUT2D eigenvalue weighted by Gasteiger charge is 2.50. The first-order valence-electron chi connectivity index (χ1n) is 9.95. The average molecular weight is 383 g/mol. The van der Waals surface area contributed by atoms with Crippen molar-refractivity contribution in [3.05, 3.63) is 65.5 Å². The van der Waals surface area contributed by atoms with Crippen molar-refractivity contribution in [1.82, 2.24) is 4.90 Å². The van der Waals surface area contributed by atoms with Crippen LogP contribution in [0.15, 0.2) is 48.5 Å². The van der Waals surface area contributed by atoms with Gasteiger partial charge in [-0.15, -0.1) is 0 Å². The molecule has 4 rings (SSSR count). The fourth-order valence-corrected chi connectivity index (χ4v) is 4.96. The molecule has 0 aromatic heterocycles. The first kappa shape index (κ1) is 18.9. The lowest BCUT2D eigenvalue weighted by Crippen LogP contribution is -2.56. The molecule has 0 spiro atoms. The number of amides is 1. The smallest absolute Gasteiger partial charge is 0.254 e. The second kappa shape index (κ2) is 7.55. The molecular weight excluding hydrogens is 357 g/mol. The SMILES string of the molecule is COc1ccccc1C1C2CCCCC2(O)CCN1C(=O)c1ccc(F)cc1. The summed E-state index contributed by atoms with van der Waals surface area (Å²) >= 11 is 0. The molecule has 1 aliphatic carbocycles. The molecule has 28 heavy (non-hydrogen) atoms. The second-order valence-electron chi connectivity index (χ2n) is 7.90. The van der Waals surface area contributed by atoms with Gasteiger partial charge in [-0.2, -0.15) is 0 Å². The number of ether oxygens (including phenoxy) is 1. The Morgan fingerprint density at radius 1 is 1.14 bits per heavy atom. The van der Waals surface area contributed by atoms with Crippen LogP contribution in [-0.4, -0.2) is 35.2 Å². The number of carbonyl (C=O) groups is 1. The van der Waals surface area contributed by atoms with Gasteiger partial charge in [-0.1, -0.05) is 31.0 Å². The summed E-state index contributed by atoms with van der Waals surface area (Å²) in [6, 6.07) is 13.1. The summed E-state index contributed by atoms with van der Waals surface area (Å²) in [5.74, 6) is 0.177. The second-order valence-corrected chi connectivity index (χ2v) is 7.90. The van der Waals surface area contributed by atoms with Gasteiger partial charge in [-0.05, 0) is 49.6 Å². The quantitative estimate of drug-likeness (QED) is 0.858. The van der Waals surface area contributed by atoms with Crippen LogP contribution < -0.4 is 4.74 Å². The number of carbonyl (C=O) groups excluding carboxylic acids is 1. The summed E-state index contributed by atoms with van der Waals surface area (Å²) in [4.78, 5) is 15.2. The minimum absolute atomic E-state index is 0.0456. The number of likely N-dealkylation sites (tertiary alicyclic amines) is 1. The summed E-state index contributed by atoms with van der Waals surface area (Å²) in [6.07, 6.45) is 4.25. The lowest BCUT2D eigenvalue weighted by molar-refractivity contribution is -0.115. The highest BCUT2D eigenvalue weighted by Crippen LogP contribution is 2.51. The van der Waals surface area contributed by atoms with Gasteiger partial charge in [0.2, 0.25) is 0 Å². The molecule has 4 nitrogen and oxygen atoms in total. The summed E-state index contributed by atoms with van der Waals surface area (Å²) in [5.41, 5.74) is 0.622. The third-order valence-corrected chi connectivity index (χ3v) is 6.38. The van der Waals surface area contributed by atoms with Gasteiger partial charge in [0.15, 0.2) is 0 Å². The number of hydrogen-bond donors (Lipinski definition) is 1. The minimum Gasteiger partial charge on any atom is -0.496 e. The molecule has 3 unspecified atom stereocenters. The lowest BCUT2D eigenvalue weighted by Gasteiger charge is -2.52. The van der Waals surface area contributed by atoms with Gasteiger partial charge in [0, 0.05) is 23.6 Å². The van der Waals surface area contributed by atoms with E-state index in [1.54, 1.807) is 7.11 Å². The molecule has 0 radical (unpaired) electrons. The predicted molar refractivity (Wildman–Crippen MR) is 105 cm³/mol. The van der Waals surface area contributed by atoms with Crippen molar-refractivity contribution in [2.75, 3.05) is 13.7 Å². The third-order valence-electron chi connectivity index (χ3n) is 6.38. The van der Waals surface area contributed by atoms with Crippen molar-refractivity contribution < 1.29 is 19.0 Å². The van der Waals surface area contributed by atoms with Gasteiger partial charge in [0.25, 0.3) is 5.91 Å². The molecule has 3 atom stereocenters. The molecule has 2 aliphatic rings. The van der Waals surface area contributed by atoms with Crippen LogP contribution in [0.25, 0.3) is 0 Å². The average Bonchev–Trinajstić information content (AvgIpc) is 2.72. The van der Waals surface area contributed by atoms with Gasteiger partial charge in [-0.3, -0.25) is 4.79 Å². The maximum atomic E-state index is 13.4. The van der Waals surface area contributed by atoms with E-state index in [1.165, 1.54) is 24.3 Å². The van der Waals surface area contributed by atoms with E-state index in [-0.39, 0.29) is 23.7 Å². The first-order valence-corrected chi connectivity index (χ1v) is 9.95. The van der Waals surface area contributed by atoms with Gasteiger partial charge >= 0.3 is 0 Å². The van der Waals surface area contributed by atoms with Crippen molar-refractivity contribution >= 4 is 5.91 Å². The van der Waals surface area contributed by atoms with E-state index in [4.69, 9.17) is 4.74 Å². The highest BCUT2D eigenvalue weighted by molar-refractivity contribution is 5.94. The molecule has 2 fully saturated rings. The number of nitrogens with zero attached hydrogens (tertiary/aromatic N) is 1. The van der Waals surface area contributed by atoms with Crippen molar-refractivity contribution in [1.29, 1.82) is 0 Å². The van der Waals surface area contributed by atoms with Crippen molar-refractivity contribution in [2.45, 2.75) is 43.7 Å². The molecule has 0 bridgehead atoms. The number of para-hydroxylation sites is 1. The van der Waals surface area contributed by atoms with E-state index in [2.05, 4.69) is 0 Å². The molecule has 148 valence electrons. The zero-order valence-corrected chi connectivity index (χ0v) is 16.1. The molecule has 1 heterocycles. The molecule has 1 saturated carbocycles. The van der Waals surface area contributed by atoms with Crippen LogP contribution in [0, 0.1) is 11.7 Å². The maximum absolute atomic E-state index is 13.4. The highest BCUT2D eigenvalue weighted by atomic mass is 19.1. The van der Waals surface area contributed by atoms with Gasteiger partial charge in [0.1, 0.15) is 11.6 Å². The molecule has 1 amide bonds. The summed E-state index contributed by atoms with van der Waals surface area (Å²) in [5, 5.41) is 11.4. The summed E-state index contributed by atoms with van der Waals surface area (Å²) < 4.78 is 18.9. The van der Waals surface area contributed by atoms with Crippen LogP contribution in [0.2, 0.25) is 0 Å². The molecule has 2 aromatic rings. The van der Waals surface area contributed by atoms with Crippen molar-refractivity contribution in [3.63, 3.8) is 0 Å². The number of piperidine rings is 1. The lowest BCUT2D eigenvalue weighted by atomic mass is 9.66. The number of methoxy groups -OCH3 is 1. The van der Waals surface area contributed by atoms with E-state index in [0.29, 0.717) is 18.5 Å². The van der Waals surface area contributed by atoms with Crippen LogP contribution in [0.1, 0.15) is 54.1 Å². The Balaban J connectivity index is 1.78. The topological polar surface area (TPSA) is 49.8 Å². The third kappa shape index (κ3) is 3.28. The molecular formula is C23H26FNO3. The summed E-state index contributed by atoms with van der Waals surface area (Å²) in [7, 11) is 1.63. The van der Waals surface area contributed by atoms with Gasteiger partial charge in [-0.25, -0.2) is 4.39 Å². The Labute approximate surface area is 164 Å². The Hall–Kier alpha value is -2.40. The predicted octanol–water partition coefficient (Wildman–Crippen LogP) is 4.34. The number of rotatable bonds is 3. The van der Waals surface area contributed by atoms with E-state index >= 15 is 0 Å². The Morgan fingerprint density at radius 2 is 1.89 bits per heavy atom. The van der Waals surface area contributed by atoms with Crippen LogP contribution in [0.5, 0.6) is 5.75 Å². The van der Waals surface area contributed by atoms with Crippen molar-refractivity contribution in [2.24, 2.45) is 5.92 Å². The van der Waals surface area contributed by atoms with Crippen LogP contribution >= 0.6 is 0 Å². The van der Waals surface area contributed by atoms with Gasteiger partial charge in [0.05, 0.1) is 18.8 Å². The van der Waals surface area contributed by atoms with E-state index in [0.717, 1.165) is 37.0 Å². The van der Waals surface area contributed by atoms with Crippen LogP contribution in [0.3, 0.4) is 0 Å². The number of fused-ring (bicyclic) bond motifs is 1. The number of aliphatic hydroxyl groups is 1. The summed E-state index contributed by atoms with van der Waals surface area (Å²) in [6.45, 7) is 0.464. The number of benzene rings is 2. The zero-order valence-electron chi connectivity index (χ0n) is 16.1. The monoisotopic (exact) mass is 383 g/mol. The van der Waals surface area contributed by atoms with Crippen LogP contribution in [-0.2, 0) is 0 Å². The zero-order chi connectivity index (χ0) is 19.7. The minimum atomic E-state index is -0.761. The van der Waals surface area contributed by atoms with E-state index in [1.807, 2.05) is 29.2 Å². The number of halogens is 1. The molecule has 5 heteroatoms. The fourth-order valence-electron chi connectivity index (χ4n) is 4.96. The molecule has 2 aromatic carbocycles. The Kier molecular flexibility index (Phi) is 5.11. The number of hydrogen-bond acceptors (Lipinski definition) is 3. The molecule has 1 saturated heterocycles. The normalized spacial score (nSPS) is 27.2. The van der Waals surface area contributed by atoms with E-state index in [9.17, 15) is 14.3 Å². The standard InChI is InChI=1S/C23H26FNO3/c1-28-20-8-3-2-6-18(20)21-19-7-4-5-13-23(19,27)14-15-25(21)22(26)16-9-11-17(24)12-10-16/h2-3,6,8-12,19,21,27H,4-5,7,13-15H2,1H3. The van der Waals surface area contributed by atoms with E-state index < -0.39 is 5.60 Å².